The molecule has 0 saturated heterocycles. The Kier molecular flexibility index (Phi) is 6.31. The van der Waals surface area contributed by atoms with Crippen LogP contribution in [0.2, 0.25) is 0 Å². The standard InChI is InChI=1S/C24H20N5O4/c30-28(31)21-11-7-19(8-12-21)17-26-15-3-1-5-23(26)25-24-6-2-4-16-27(24)18-20-9-13-22(14-10-20)29(32)33/h1-16H,17-18H2/q+1. The normalized spacial score (nSPS) is 11.3. The molecular formula is C24H20N5O4+. The van der Waals surface area contributed by atoms with E-state index in [2.05, 4.69) is 0 Å². The van der Waals surface area contributed by atoms with Gasteiger partial charge in [0.05, 0.1) is 22.6 Å². The minimum Gasteiger partial charge on any atom is -0.308 e. The number of nitro benzene ring substituents is 2. The summed E-state index contributed by atoms with van der Waals surface area (Å²) >= 11 is 0. The Balaban J connectivity index is 1.63. The van der Waals surface area contributed by atoms with Crippen molar-refractivity contribution >= 4 is 17.2 Å². The van der Waals surface area contributed by atoms with Crippen molar-refractivity contribution in [3.05, 3.63) is 134 Å². The smallest absolute Gasteiger partial charge is 0.308 e. The zero-order chi connectivity index (χ0) is 23.2. The summed E-state index contributed by atoms with van der Waals surface area (Å²) in [7, 11) is 0. The zero-order valence-electron chi connectivity index (χ0n) is 17.5. The van der Waals surface area contributed by atoms with Crippen LogP contribution in [0, 0.1) is 20.2 Å². The topological polar surface area (TPSA) is 107 Å². The van der Waals surface area contributed by atoms with Gasteiger partial charge in [0, 0.05) is 42.6 Å². The number of hydrogen-bond acceptors (Lipinski definition) is 5. The van der Waals surface area contributed by atoms with E-state index in [1.54, 1.807) is 24.3 Å². The van der Waals surface area contributed by atoms with Gasteiger partial charge < -0.3 is 4.57 Å². The summed E-state index contributed by atoms with van der Waals surface area (Å²) in [5.41, 5.74) is 2.66. The Morgan fingerprint density at radius 1 is 0.758 bits per heavy atom. The van der Waals surface area contributed by atoms with Crippen LogP contribution in [0.25, 0.3) is 0 Å². The highest BCUT2D eigenvalue weighted by atomic mass is 16.6. The molecule has 4 aromatic rings. The first kappa shape index (κ1) is 21.6. The summed E-state index contributed by atoms with van der Waals surface area (Å²) < 4.78 is 3.93. The Morgan fingerprint density at radius 2 is 1.36 bits per heavy atom. The fourth-order valence-electron chi connectivity index (χ4n) is 3.36. The lowest BCUT2D eigenvalue weighted by Crippen LogP contribution is -2.35. The van der Waals surface area contributed by atoms with Crippen molar-refractivity contribution in [2.24, 2.45) is 4.99 Å². The van der Waals surface area contributed by atoms with Crippen LogP contribution in [-0.2, 0) is 13.1 Å². The van der Waals surface area contributed by atoms with E-state index in [4.69, 9.17) is 4.99 Å². The van der Waals surface area contributed by atoms with Crippen molar-refractivity contribution in [3.8, 4) is 0 Å². The number of nitrogens with zero attached hydrogens (tertiary/aromatic N) is 5. The van der Waals surface area contributed by atoms with Gasteiger partial charge in [-0.05, 0) is 40.4 Å². The van der Waals surface area contributed by atoms with Gasteiger partial charge in [0.1, 0.15) is 6.54 Å². The summed E-state index contributed by atoms with van der Waals surface area (Å²) in [6, 6.07) is 24.3. The highest BCUT2D eigenvalue weighted by molar-refractivity contribution is 5.33. The Morgan fingerprint density at radius 3 is 2.00 bits per heavy atom. The summed E-state index contributed by atoms with van der Waals surface area (Å²) in [6.07, 6.45) is 3.81. The molecule has 0 amide bonds. The molecule has 2 aromatic heterocycles. The predicted molar refractivity (Wildman–Crippen MR) is 121 cm³/mol. The molecule has 2 heterocycles. The third kappa shape index (κ3) is 5.34. The van der Waals surface area contributed by atoms with Gasteiger partial charge in [0.25, 0.3) is 11.4 Å². The van der Waals surface area contributed by atoms with Gasteiger partial charge in [0.2, 0.25) is 5.49 Å². The molecule has 9 nitrogen and oxygen atoms in total. The molecule has 0 saturated carbocycles. The van der Waals surface area contributed by atoms with Crippen LogP contribution in [0.5, 0.6) is 0 Å². The Labute approximate surface area is 188 Å². The first-order valence-corrected chi connectivity index (χ1v) is 10.1. The second kappa shape index (κ2) is 9.65. The van der Waals surface area contributed by atoms with E-state index >= 15 is 0 Å². The summed E-state index contributed by atoms with van der Waals surface area (Å²) in [6.45, 7) is 1.01. The lowest BCUT2D eigenvalue weighted by atomic mass is 10.2. The molecule has 0 atom stereocenters. The number of benzene rings is 2. The largest absolute Gasteiger partial charge is 0.325 e. The summed E-state index contributed by atoms with van der Waals surface area (Å²) in [5, 5.41) is 21.8. The summed E-state index contributed by atoms with van der Waals surface area (Å²) in [5.74, 6) is 0.722. The average Bonchev–Trinajstić information content (AvgIpc) is 2.82. The molecule has 164 valence electrons. The predicted octanol–water partition coefficient (Wildman–Crippen LogP) is 3.92. The van der Waals surface area contributed by atoms with E-state index in [1.165, 1.54) is 24.3 Å². The second-order valence-electron chi connectivity index (χ2n) is 7.33. The number of hydrogen-bond donors (Lipinski definition) is 0. The van der Waals surface area contributed by atoms with E-state index in [-0.39, 0.29) is 11.4 Å². The van der Waals surface area contributed by atoms with Gasteiger partial charge in [-0.3, -0.25) is 20.2 Å². The third-order valence-electron chi connectivity index (χ3n) is 5.06. The van der Waals surface area contributed by atoms with E-state index in [0.29, 0.717) is 13.1 Å². The maximum atomic E-state index is 10.9. The van der Waals surface area contributed by atoms with Gasteiger partial charge in [0.15, 0.2) is 0 Å². The molecule has 0 bridgehead atoms. The Bertz CT molecular complexity index is 1360. The maximum Gasteiger partial charge on any atom is 0.325 e. The Hall–Kier alpha value is -4.66. The van der Waals surface area contributed by atoms with Crippen LogP contribution >= 0.6 is 0 Å². The van der Waals surface area contributed by atoms with E-state index in [0.717, 1.165) is 22.4 Å². The minimum atomic E-state index is -0.417. The molecule has 0 aliphatic carbocycles. The molecule has 9 heteroatoms. The number of nitro groups is 2. The number of non-ortho nitro benzene ring substituents is 2. The zero-order valence-corrected chi connectivity index (χ0v) is 17.5. The molecule has 0 radical (unpaired) electrons. The van der Waals surface area contributed by atoms with Crippen molar-refractivity contribution in [2.45, 2.75) is 13.1 Å². The van der Waals surface area contributed by atoms with Crippen molar-refractivity contribution in [1.82, 2.24) is 4.57 Å². The number of rotatable bonds is 7. The van der Waals surface area contributed by atoms with E-state index in [1.807, 2.05) is 57.9 Å². The molecular weight excluding hydrogens is 422 g/mol. The van der Waals surface area contributed by atoms with Crippen LogP contribution in [0.1, 0.15) is 11.1 Å². The summed E-state index contributed by atoms with van der Waals surface area (Å²) in [4.78, 5) is 25.8. The molecule has 0 N–H and O–H groups in total. The van der Waals surface area contributed by atoms with Crippen LogP contribution in [0.15, 0.2) is 102 Å². The minimum absolute atomic E-state index is 0.0540. The van der Waals surface area contributed by atoms with Gasteiger partial charge in [-0.2, -0.15) is 0 Å². The van der Waals surface area contributed by atoms with Gasteiger partial charge in [-0.25, -0.2) is 4.57 Å². The van der Waals surface area contributed by atoms with Crippen LogP contribution < -0.4 is 10.1 Å². The fraction of sp³-hybridized carbons (Fsp3) is 0.0833. The van der Waals surface area contributed by atoms with Gasteiger partial charge in [-0.15, -0.1) is 0 Å². The quantitative estimate of drug-likeness (QED) is 0.246. The molecule has 4 rings (SSSR count). The van der Waals surface area contributed by atoms with Gasteiger partial charge >= 0.3 is 5.82 Å². The first-order chi connectivity index (χ1) is 16.0. The van der Waals surface area contributed by atoms with Crippen molar-refractivity contribution < 1.29 is 14.4 Å². The maximum absolute atomic E-state index is 10.9. The lowest BCUT2D eigenvalue weighted by Gasteiger charge is -2.06. The van der Waals surface area contributed by atoms with E-state index < -0.39 is 9.85 Å². The van der Waals surface area contributed by atoms with Gasteiger partial charge in [-0.1, -0.05) is 24.3 Å². The number of pyridine rings is 2. The highest BCUT2D eigenvalue weighted by Gasteiger charge is 2.12. The third-order valence-corrected chi connectivity index (χ3v) is 5.06. The fourth-order valence-corrected chi connectivity index (χ4v) is 3.36. The van der Waals surface area contributed by atoms with Crippen molar-refractivity contribution in [2.75, 3.05) is 0 Å². The van der Waals surface area contributed by atoms with Crippen molar-refractivity contribution in [3.63, 3.8) is 0 Å². The molecule has 0 aliphatic heterocycles. The molecule has 0 aliphatic rings. The molecule has 0 unspecified atom stereocenters. The van der Waals surface area contributed by atoms with E-state index in [9.17, 15) is 20.2 Å². The molecule has 33 heavy (non-hydrogen) atoms. The van der Waals surface area contributed by atoms with Crippen LogP contribution in [0.4, 0.5) is 17.2 Å². The highest BCUT2D eigenvalue weighted by Crippen LogP contribution is 2.14. The first-order valence-electron chi connectivity index (χ1n) is 10.1. The van der Waals surface area contributed by atoms with Crippen LogP contribution in [-0.4, -0.2) is 14.4 Å². The van der Waals surface area contributed by atoms with Crippen LogP contribution in [0.3, 0.4) is 0 Å². The van der Waals surface area contributed by atoms with Crippen molar-refractivity contribution in [1.29, 1.82) is 0 Å². The monoisotopic (exact) mass is 442 g/mol. The lowest BCUT2D eigenvalue weighted by molar-refractivity contribution is -0.675. The molecule has 0 fully saturated rings. The average molecular weight is 442 g/mol. The SMILES string of the molecule is O=[N+]([O-])c1ccc(Cn2ccccc2=Nc2cccc[n+]2Cc2ccc([N+](=O)[O-])cc2)cc1. The second-order valence-corrected chi connectivity index (χ2v) is 7.33. The molecule has 2 aromatic carbocycles. The molecule has 0 spiro atoms. The number of aromatic nitrogens is 2.